The molecule has 0 aliphatic carbocycles. The van der Waals surface area contributed by atoms with Crippen molar-refractivity contribution in [2.45, 2.75) is 13.5 Å². The average molecular weight is 280 g/mol. The van der Waals surface area contributed by atoms with Crippen LogP contribution in [0.2, 0.25) is 5.02 Å². The minimum absolute atomic E-state index is 0.178. The van der Waals surface area contributed by atoms with Gasteiger partial charge in [0.1, 0.15) is 0 Å². The Labute approximate surface area is 116 Å². The number of aliphatic hydroxyl groups excluding tert-OH is 1. The van der Waals surface area contributed by atoms with Crippen molar-refractivity contribution in [3.05, 3.63) is 40.5 Å². The van der Waals surface area contributed by atoms with Gasteiger partial charge in [-0.2, -0.15) is 4.98 Å². The van der Waals surface area contributed by atoms with Gasteiger partial charge in [0.15, 0.2) is 0 Å². The van der Waals surface area contributed by atoms with Crippen LogP contribution in [0, 0.1) is 6.92 Å². The number of aromatic nitrogens is 2. The number of halogens is 1. The van der Waals surface area contributed by atoms with E-state index in [9.17, 15) is 0 Å². The monoisotopic (exact) mass is 279 g/mol. The fraction of sp³-hybridized carbons (Fsp3) is 0.231. The summed E-state index contributed by atoms with van der Waals surface area (Å²) < 4.78 is 5.06. The molecule has 0 aliphatic heterocycles. The Morgan fingerprint density at radius 1 is 1.37 bits per heavy atom. The van der Waals surface area contributed by atoms with Gasteiger partial charge in [0.2, 0.25) is 11.8 Å². The first-order valence-electron chi connectivity index (χ1n) is 5.69. The van der Waals surface area contributed by atoms with E-state index in [1.807, 2.05) is 25.1 Å². The maximum atomic E-state index is 9.15. The van der Waals surface area contributed by atoms with Crippen LogP contribution in [0.15, 0.2) is 24.3 Å². The van der Waals surface area contributed by atoms with E-state index < -0.39 is 0 Å². The van der Waals surface area contributed by atoms with Gasteiger partial charge in [-0.3, -0.25) is 0 Å². The number of nitrogens with one attached hydrogen (secondary N) is 1. The molecule has 0 unspecified atom stereocenters. The lowest BCUT2D eigenvalue weighted by Gasteiger charge is -2.11. The average Bonchev–Trinajstić information content (AvgIpc) is 2.43. The predicted molar refractivity (Wildman–Crippen MR) is 74.0 cm³/mol. The van der Waals surface area contributed by atoms with Crippen LogP contribution in [0.1, 0.15) is 11.3 Å². The summed E-state index contributed by atoms with van der Waals surface area (Å²) in [6.45, 7) is 1.72. The van der Waals surface area contributed by atoms with Crippen molar-refractivity contribution >= 4 is 23.2 Å². The van der Waals surface area contributed by atoms with E-state index in [4.69, 9.17) is 21.4 Å². The molecule has 0 aliphatic rings. The van der Waals surface area contributed by atoms with Crippen molar-refractivity contribution in [1.29, 1.82) is 0 Å². The summed E-state index contributed by atoms with van der Waals surface area (Å²) in [6.07, 6.45) is 0. The standard InChI is InChI=1S/C13H14ClN3O2/c1-8-10(14)4-3-5-11(8)16-13-15-9(7-18)6-12(17-13)19-2/h3-6,18H,7H2,1-2H3,(H,15,16,17). The van der Waals surface area contributed by atoms with Crippen molar-refractivity contribution in [2.24, 2.45) is 0 Å². The second-order valence-electron chi connectivity index (χ2n) is 3.92. The van der Waals surface area contributed by atoms with Gasteiger partial charge in [-0.05, 0) is 24.6 Å². The summed E-state index contributed by atoms with van der Waals surface area (Å²) in [5.74, 6) is 0.745. The fourth-order valence-electron chi connectivity index (χ4n) is 1.58. The zero-order valence-corrected chi connectivity index (χ0v) is 11.4. The third-order valence-electron chi connectivity index (χ3n) is 2.64. The van der Waals surface area contributed by atoms with E-state index in [-0.39, 0.29) is 6.61 Å². The van der Waals surface area contributed by atoms with Gasteiger partial charge in [-0.1, -0.05) is 17.7 Å². The number of benzene rings is 1. The number of ether oxygens (including phenoxy) is 1. The Morgan fingerprint density at radius 2 is 2.16 bits per heavy atom. The van der Waals surface area contributed by atoms with Gasteiger partial charge in [0.05, 0.1) is 19.4 Å². The van der Waals surface area contributed by atoms with E-state index in [0.29, 0.717) is 22.5 Å². The predicted octanol–water partition coefficient (Wildman–Crippen LogP) is 2.68. The largest absolute Gasteiger partial charge is 0.481 e. The Bertz CT molecular complexity index is 568. The van der Waals surface area contributed by atoms with Crippen molar-refractivity contribution in [3.63, 3.8) is 0 Å². The van der Waals surface area contributed by atoms with Crippen molar-refractivity contribution < 1.29 is 9.84 Å². The molecule has 0 radical (unpaired) electrons. The molecule has 0 amide bonds. The van der Waals surface area contributed by atoms with Crippen LogP contribution >= 0.6 is 11.6 Å². The van der Waals surface area contributed by atoms with E-state index in [0.717, 1.165) is 11.3 Å². The summed E-state index contributed by atoms with van der Waals surface area (Å²) >= 11 is 6.05. The molecule has 2 rings (SSSR count). The van der Waals surface area contributed by atoms with Crippen LogP contribution in [0.25, 0.3) is 0 Å². The van der Waals surface area contributed by atoms with E-state index in [2.05, 4.69) is 15.3 Å². The summed E-state index contributed by atoms with van der Waals surface area (Å²) in [4.78, 5) is 8.34. The first-order valence-corrected chi connectivity index (χ1v) is 6.06. The van der Waals surface area contributed by atoms with Crippen LogP contribution < -0.4 is 10.1 Å². The highest BCUT2D eigenvalue weighted by Gasteiger charge is 2.07. The summed E-state index contributed by atoms with van der Waals surface area (Å²) in [6, 6.07) is 7.11. The van der Waals surface area contributed by atoms with E-state index in [1.165, 1.54) is 7.11 Å². The molecule has 0 saturated heterocycles. The third-order valence-corrected chi connectivity index (χ3v) is 3.05. The van der Waals surface area contributed by atoms with Crippen LogP contribution in [-0.4, -0.2) is 22.2 Å². The number of hydrogen-bond acceptors (Lipinski definition) is 5. The Hall–Kier alpha value is -1.85. The molecule has 5 nitrogen and oxygen atoms in total. The Morgan fingerprint density at radius 3 is 2.84 bits per heavy atom. The molecule has 0 saturated carbocycles. The lowest BCUT2D eigenvalue weighted by Crippen LogP contribution is -2.03. The lowest BCUT2D eigenvalue weighted by atomic mass is 10.2. The SMILES string of the molecule is COc1cc(CO)nc(Nc2cccc(Cl)c2C)n1. The topological polar surface area (TPSA) is 67.3 Å². The van der Waals surface area contributed by atoms with Crippen LogP contribution in [0.5, 0.6) is 5.88 Å². The maximum absolute atomic E-state index is 9.15. The number of anilines is 2. The first kappa shape index (κ1) is 13.6. The van der Waals surface area contributed by atoms with Gasteiger partial charge in [0.25, 0.3) is 0 Å². The first-order chi connectivity index (χ1) is 9.13. The molecule has 1 heterocycles. The van der Waals surface area contributed by atoms with Crippen molar-refractivity contribution in [3.8, 4) is 5.88 Å². The normalized spacial score (nSPS) is 10.3. The fourth-order valence-corrected chi connectivity index (χ4v) is 1.75. The molecule has 2 N–H and O–H groups in total. The molecule has 100 valence electrons. The van der Waals surface area contributed by atoms with Crippen molar-refractivity contribution in [1.82, 2.24) is 9.97 Å². The maximum Gasteiger partial charge on any atom is 0.230 e. The van der Waals surface area contributed by atoms with Crippen LogP contribution in [0.4, 0.5) is 11.6 Å². The summed E-state index contributed by atoms with van der Waals surface area (Å²) in [5.41, 5.74) is 2.19. The molecule has 0 fully saturated rings. The number of nitrogens with zero attached hydrogens (tertiary/aromatic N) is 2. The Kier molecular flexibility index (Phi) is 4.19. The molecular formula is C13H14ClN3O2. The molecule has 1 aromatic carbocycles. The lowest BCUT2D eigenvalue weighted by molar-refractivity contribution is 0.275. The quantitative estimate of drug-likeness (QED) is 0.901. The molecule has 1 aromatic heterocycles. The van der Waals surface area contributed by atoms with Crippen LogP contribution in [-0.2, 0) is 6.61 Å². The third kappa shape index (κ3) is 3.13. The highest BCUT2D eigenvalue weighted by molar-refractivity contribution is 6.31. The van der Waals surface area contributed by atoms with Gasteiger partial charge in [0, 0.05) is 16.8 Å². The summed E-state index contributed by atoms with van der Waals surface area (Å²) in [5, 5.41) is 12.9. The molecule has 0 spiro atoms. The summed E-state index contributed by atoms with van der Waals surface area (Å²) in [7, 11) is 1.51. The van der Waals surface area contributed by atoms with E-state index >= 15 is 0 Å². The van der Waals surface area contributed by atoms with Crippen molar-refractivity contribution in [2.75, 3.05) is 12.4 Å². The minimum Gasteiger partial charge on any atom is -0.481 e. The van der Waals surface area contributed by atoms with Gasteiger partial charge < -0.3 is 15.2 Å². The van der Waals surface area contributed by atoms with Gasteiger partial charge >= 0.3 is 0 Å². The second-order valence-corrected chi connectivity index (χ2v) is 4.33. The van der Waals surface area contributed by atoms with Crippen LogP contribution in [0.3, 0.4) is 0 Å². The number of methoxy groups -OCH3 is 1. The van der Waals surface area contributed by atoms with Gasteiger partial charge in [-0.15, -0.1) is 0 Å². The number of aliphatic hydroxyl groups is 1. The molecule has 2 aromatic rings. The molecular weight excluding hydrogens is 266 g/mol. The highest BCUT2D eigenvalue weighted by atomic mass is 35.5. The van der Waals surface area contributed by atoms with Gasteiger partial charge in [-0.25, -0.2) is 4.98 Å². The number of hydrogen-bond donors (Lipinski definition) is 2. The number of rotatable bonds is 4. The minimum atomic E-state index is -0.178. The highest BCUT2D eigenvalue weighted by Crippen LogP contribution is 2.25. The Balaban J connectivity index is 2.34. The zero-order valence-electron chi connectivity index (χ0n) is 10.6. The molecule has 0 bridgehead atoms. The second kappa shape index (κ2) is 5.86. The smallest absolute Gasteiger partial charge is 0.230 e. The molecule has 6 heteroatoms. The molecule has 19 heavy (non-hydrogen) atoms. The molecule has 0 atom stereocenters. The zero-order chi connectivity index (χ0) is 13.8. The van der Waals surface area contributed by atoms with E-state index in [1.54, 1.807) is 6.07 Å².